The molecule has 0 spiro atoms. The average molecular weight is 377 g/mol. The van der Waals surface area contributed by atoms with E-state index >= 15 is 0 Å². The molecule has 0 bridgehead atoms. The molecule has 7 heteroatoms. The molecule has 1 aliphatic rings. The number of furan rings is 1. The van der Waals surface area contributed by atoms with E-state index in [-0.39, 0.29) is 23.4 Å². The minimum absolute atomic E-state index is 0.0886. The molecule has 1 aliphatic carbocycles. The Morgan fingerprint density at radius 2 is 1.68 bits per heavy atom. The lowest BCUT2D eigenvalue weighted by molar-refractivity contribution is 0.0969. The maximum atomic E-state index is 12.6. The molecule has 0 saturated heterocycles. The molecule has 0 saturated carbocycles. The molecule has 3 N–H and O–H groups in total. The van der Waals surface area contributed by atoms with Gasteiger partial charge >= 0.3 is 0 Å². The third-order valence-corrected chi connectivity index (χ3v) is 4.81. The van der Waals surface area contributed by atoms with E-state index in [9.17, 15) is 14.4 Å². The van der Waals surface area contributed by atoms with Gasteiger partial charge in [-0.3, -0.25) is 14.4 Å². The molecular formula is C21H19N3O4. The summed E-state index contributed by atoms with van der Waals surface area (Å²) in [6.07, 6.45) is 3.54. The van der Waals surface area contributed by atoms with E-state index in [1.807, 2.05) is 0 Å². The van der Waals surface area contributed by atoms with Crippen molar-refractivity contribution in [3.05, 3.63) is 70.9 Å². The number of rotatable bonds is 4. The number of aromatic nitrogens is 1. The SMILES string of the molecule is Cc1c(C(=O)Nc2ccc(NC(=O)c3ccco3)cc2)[nH]c2c1C(=O)CCC2. The molecule has 2 heterocycles. The van der Waals surface area contributed by atoms with E-state index in [1.54, 1.807) is 43.3 Å². The van der Waals surface area contributed by atoms with Gasteiger partial charge in [-0.25, -0.2) is 0 Å². The van der Waals surface area contributed by atoms with Crippen molar-refractivity contribution in [3.8, 4) is 0 Å². The van der Waals surface area contributed by atoms with Crippen LogP contribution in [-0.4, -0.2) is 22.6 Å². The van der Waals surface area contributed by atoms with E-state index in [1.165, 1.54) is 6.26 Å². The number of nitrogens with one attached hydrogen (secondary N) is 3. The van der Waals surface area contributed by atoms with Crippen molar-refractivity contribution in [1.82, 2.24) is 4.98 Å². The Kier molecular flexibility index (Phi) is 4.57. The van der Waals surface area contributed by atoms with Gasteiger partial charge in [0.25, 0.3) is 11.8 Å². The lowest BCUT2D eigenvalue weighted by atomic mass is 9.94. The second kappa shape index (κ2) is 7.19. The van der Waals surface area contributed by atoms with Crippen LogP contribution in [0.2, 0.25) is 0 Å². The first-order valence-electron chi connectivity index (χ1n) is 9.04. The fourth-order valence-electron chi connectivity index (χ4n) is 3.43. The number of benzene rings is 1. The van der Waals surface area contributed by atoms with E-state index in [2.05, 4.69) is 15.6 Å². The van der Waals surface area contributed by atoms with Gasteiger partial charge in [-0.15, -0.1) is 0 Å². The maximum Gasteiger partial charge on any atom is 0.291 e. The zero-order valence-electron chi connectivity index (χ0n) is 15.3. The van der Waals surface area contributed by atoms with Crippen LogP contribution in [0.15, 0.2) is 47.1 Å². The molecule has 0 aliphatic heterocycles. The van der Waals surface area contributed by atoms with Crippen molar-refractivity contribution in [2.75, 3.05) is 10.6 Å². The van der Waals surface area contributed by atoms with E-state index in [0.717, 1.165) is 18.5 Å². The average Bonchev–Trinajstić information content (AvgIpc) is 3.32. The van der Waals surface area contributed by atoms with Gasteiger partial charge < -0.3 is 20.0 Å². The topological polar surface area (TPSA) is 104 Å². The number of anilines is 2. The predicted molar refractivity (Wildman–Crippen MR) is 104 cm³/mol. The Balaban J connectivity index is 1.45. The lowest BCUT2D eigenvalue weighted by Crippen LogP contribution is -2.14. The van der Waals surface area contributed by atoms with Crippen molar-refractivity contribution in [1.29, 1.82) is 0 Å². The van der Waals surface area contributed by atoms with Crippen molar-refractivity contribution >= 4 is 29.0 Å². The van der Waals surface area contributed by atoms with Crippen LogP contribution in [0.1, 0.15) is 55.5 Å². The van der Waals surface area contributed by atoms with Crippen LogP contribution in [0.5, 0.6) is 0 Å². The number of hydrogen-bond acceptors (Lipinski definition) is 4. The summed E-state index contributed by atoms with van der Waals surface area (Å²) < 4.78 is 5.05. The fraction of sp³-hybridized carbons (Fsp3) is 0.190. The molecular weight excluding hydrogens is 358 g/mol. The zero-order valence-corrected chi connectivity index (χ0v) is 15.3. The molecule has 1 aromatic carbocycles. The molecule has 0 unspecified atom stereocenters. The second-order valence-electron chi connectivity index (χ2n) is 6.72. The van der Waals surface area contributed by atoms with Crippen LogP contribution in [0.4, 0.5) is 11.4 Å². The molecule has 4 rings (SSSR count). The summed E-state index contributed by atoms with van der Waals surface area (Å²) in [7, 11) is 0. The Bertz CT molecular complexity index is 1050. The third kappa shape index (κ3) is 3.34. The van der Waals surface area contributed by atoms with Gasteiger partial charge in [-0.2, -0.15) is 0 Å². The normalized spacial score (nSPS) is 13.1. The molecule has 0 radical (unpaired) electrons. The number of carbonyl (C=O) groups is 3. The second-order valence-corrected chi connectivity index (χ2v) is 6.72. The van der Waals surface area contributed by atoms with Crippen LogP contribution >= 0.6 is 0 Å². The van der Waals surface area contributed by atoms with Crippen LogP contribution < -0.4 is 10.6 Å². The zero-order chi connectivity index (χ0) is 19.7. The van der Waals surface area contributed by atoms with Crippen LogP contribution in [0, 0.1) is 6.92 Å². The largest absolute Gasteiger partial charge is 0.459 e. The third-order valence-electron chi connectivity index (χ3n) is 4.81. The van der Waals surface area contributed by atoms with Gasteiger partial charge in [0, 0.05) is 29.1 Å². The number of aromatic amines is 1. The lowest BCUT2D eigenvalue weighted by Gasteiger charge is -2.09. The van der Waals surface area contributed by atoms with Gasteiger partial charge in [-0.05, 0) is 61.7 Å². The number of carbonyl (C=O) groups excluding carboxylic acids is 3. The van der Waals surface area contributed by atoms with Crippen molar-refractivity contribution in [3.63, 3.8) is 0 Å². The number of Topliss-reactive ketones (excluding diaryl/α,β-unsaturated/α-hetero) is 1. The summed E-state index contributed by atoms with van der Waals surface area (Å²) in [6.45, 7) is 1.79. The number of fused-ring (bicyclic) bond motifs is 1. The molecule has 3 aromatic rings. The highest BCUT2D eigenvalue weighted by atomic mass is 16.3. The minimum atomic E-state index is -0.348. The van der Waals surface area contributed by atoms with Gasteiger partial charge in [0.1, 0.15) is 5.69 Å². The minimum Gasteiger partial charge on any atom is -0.459 e. The maximum absolute atomic E-state index is 12.6. The molecule has 2 amide bonds. The molecule has 2 aromatic heterocycles. The first kappa shape index (κ1) is 17.8. The Hall–Kier alpha value is -3.61. The highest BCUT2D eigenvalue weighted by Crippen LogP contribution is 2.27. The summed E-state index contributed by atoms with van der Waals surface area (Å²) in [5.41, 5.74) is 3.77. The monoisotopic (exact) mass is 377 g/mol. The van der Waals surface area contributed by atoms with Gasteiger partial charge in [-0.1, -0.05) is 0 Å². The summed E-state index contributed by atoms with van der Waals surface area (Å²) >= 11 is 0. The number of aryl methyl sites for hydroxylation is 1. The van der Waals surface area contributed by atoms with Crippen molar-refractivity contribution in [2.24, 2.45) is 0 Å². The van der Waals surface area contributed by atoms with Crippen LogP contribution in [-0.2, 0) is 6.42 Å². The van der Waals surface area contributed by atoms with Crippen LogP contribution in [0.25, 0.3) is 0 Å². The van der Waals surface area contributed by atoms with Gasteiger partial charge in [0.15, 0.2) is 11.5 Å². The molecule has 0 atom stereocenters. The van der Waals surface area contributed by atoms with Crippen molar-refractivity contribution in [2.45, 2.75) is 26.2 Å². The number of ketones is 1. The van der Waals surface area contributed by atoms with E-state index in [4.69, 9.17) is 4.42 Å². The van der Waals surface area contributed by atoms with E-state index < -0.39 is 0 Å². The summed E-state index contributed by atoms with van der Waals surface area (Å²) in [5, 5.41) is 5.53. The Morgan fingerprint density at radius 1 is 1.00 bits per heavy atom. The smallest absolute Gasteiger partial charge is 0.291 e. The highest BCUT2D eigenvalue weighted by Gasteiger charge is 2.26. The Labute approximate surface area is 161 Å². The number of H-pyrrole nitrogens is 1. The number of amides is 2. The summed E-state index contributed by atoms with van der Waals surface area (Å²) in [6, 6.07) is 9.98. The first-order chi connectivity index (χ1) is 13.5. The Morgan fingerprint density at radius 3 is 2.29 bits per heavy atom. The highest BCUT2D eigenvalue weighted by molar-refractivity contribution is 6.08. The molecule has 28 heavy (non-hydrogen) atoms. The van der Waals surface area contributed by atoms with Gasteiger partial charge in [0.2, 0.25) is 0 Å². The molecule has 7 nitrogen and oxygen atoms in total. The first-order valence-corrected chi connectivity index (χ1v) is 9.04. The van der Waals surface area contributed by atoms with E-state index in [0.29, 0.717) is 34.6 Å². The number of hydrogen-bond donors (Lipinski definition) is 3. The van der Waals surface area contributed by atoms with Gasteiger partial charge in [0.05, 0.1) is 6.26 Å². The predicted octanol–water partition coefficient (Wildman–Crippen LogP) is 3.94. The molecule has 0 fully saturated rings. The summed E-state index contributed by atoms with van der Waals surface area (Å²) in [5.74, 6) is -0.338. The van der Waals surface area contributed by atoms with Crippen LogP contribution in [0.3, 0.4) is 0 Å². The van der Waals surface area contributed by atoms with Crippen molar-refractivity contribution < 1.29 is 18.8 Å². The fourth-order valence-corrected chi connectivity index (χ4v) is 3.43. The quantitative estimate of drug-likeness (QED) is 0.640. The standard InChI is InChI=1S/C21H19N3O4/c1-12-18-15(4-2-5-16(18)25)24-19(12)21(27)23-14-9-7-13(8-10-14)22-20(26)17-6-3-11-28-17/h3,6-11,24H,2,4-5H2,1H3,(H,22,26)(H,23,27). The molecule has 142 valence electrons. The summed E-state index contributed by atoms with van der Waals surface area (Å²) in [4.78, 5) is 39.8.